The SMILES string of the molecule is Cc1cc(F)ccc1CN1CCN(C)[C@@]2(CCC(=O)N(CC3CC3)CC2)C1. The maximum Gasteiger partial charge on any atom is 0.222 e. The Bertz CT molecular complexity index is 705. The van der Waals surface area contributed by atoms with Crippen molar-refractivity contribution >= 4 is 5.91 Å². The summed E-state index contributed by atoms with van der Waals surface area (Å²) in [6.07, 6.45) is 5.25. The van der Waals surface area contributed by atoms with E-state index in [0.717, 1.165) is 63.6 Å². The molecule has 0 radical (unpaired) electrons. The van der Waals surface area contributed by atoms with Crippen molar-refractivity contribution in [2.24, 2.45) is 5.92 Å². The third kappa shape index (κ3) is 4.19. The molecule has 5 heteroatoms. The van der Waals surface area contributed by atoms with Crippen molar-refractivity contribution in [1.82, 2.24) is 14.7 Å². The van der Waals surface area contributed by atoms with Gasteiger partial charge < -0.3 is 4.90 Å². The van der Waals surface area contributed by atoms with Gasteiger partial charge in [0, 0.05) is 51.2 Å². The molecule has 0 unspecified atom stereocenters. The number of piperazine rings is 1. The van der Waals surface area contributed by atoms with Crippen LogP contribution in [0.5, 0.6) is 0 Å². The third-order valence-electron chi connectivity index (χ3n) is 6.96. The normalized spacial score (nSPS) is 28.0. The third-order valence-corrected chi connectivity index (χ3v) is 6.96. The van der Waals surface area contributed by atoms with Gasteiger partial charge in [-0.15, -0.1) is 0 Å². The number of likely N-dealkylation sites (N-methyl/N-ethyl adjacent to an activating group) is 1. The topological polar surface area (TPSA) is 26.8 Å². The zero-order valence-corrected chi connectivity index (χ0v) is 16.7. The van der Waals surface area contributed by atoms with Crippen LogP contribution in [0.15, 0.2) is 18.2 Å². The first-order valence-electron chi connectivity index (χ1n) is 10.4. The highest BCUT2D eigenvalue weighted by molar-refractivity contribution is 5.76. The summed E-state index contributed by atoms with van der Waals surface area (Å²) in [6, 6.07) is 5.11. The highest BCUT2D eigenvalue weighted by atomic mass is 19.1. The van der Waals surface area contributed by atoms with E-state index in [9.17, 15) is 9.18 Å². The summed E-state index contributed by atoms with van der Waals surface area (Å²) in [4.78, 5) is 19.7. The Morgan fingerprint density at radius 2 is 2.00 bits per heavy atom. The van der Waals surface area contributed by atoms with E-state index >= 15 is 0 Å². The van der Waals surface area contributed by atoms with E-state index < -0.39 is 0 Å². The van der Waals surface area contributed by atoms with Crippen LogP contribution in [0.2, 0.25) is 0 Å². The van der Waals surface area contributed by atoms with Gasteiger partial charge >= 0.3 is 0 Å². The van der Waals surface area contributed by atoms with Crippen molar-refractivity contribution < 1.29 is 9.18 Å². The van der Waals surface area contributed by atoms with Crippen molar-refractivity contribution in [2.75, 3.05) is 39.8 Å². The first-order chi connectivity index (χ1) is 12.9. The Morgan fingerprint density at radius 3 is 2.74 bits per heavy atom. The van der Waals surface area contributed by atoms with Gasteiger partial charge in [-0.1, -0.05) is 6.07 Å². The molecule has 2 heterocycles. The van der Waals surface area contributed by atoms with E-state index in [-0.39, 0.29) is 11.4 Å². The second-order valence-electron chi connectivity index (χ2n) is 8.96. The number of carbonyl (C=O) groups excluding carboxylic acids is 1. The summed E-state index contributed by atoms with van der Waals surface area (Å²) < 4.78 is 13.4. The number of likely N-dealkylation sites (tertiary alicyclic amines) is 1. The Balaban J connectivity index is 1.45. The lowest BCUT2D eigenvalue weighted by molar-refractivity contribution is -0.131. The molecule has 1 aromatic rings. The number of benzene rings is 1. The number of amides is 1. The zero-order valence-electron chi connectivity index (χ0n) is 16.7. The van der Waals surface area contributed by atoms with E-state index in [0.29, 0.717) is 12.3 Å². The lowest BCUT2D eigenvalue weighted by atomic mass is 9.86. The van der Waals surface area contributed by atoms with Crippen LogP contribution in [-0.4, -0.2) is 65.9 Å². The van der Waals surface area contributed by atoms with Gasteiger partial charge in [0.25, 0.3) is 0 Å². The molecule has 2 saturated heterocycles. The number of halogens is 1. The Hall–Kier alpha value is -1.46. The Labute approximate surface area is 162 Å². The van der Waals surface area contributed by atoms with Crippen molar-refractivity contribution in [3.63, 3.8) is 0 Å². The van der Waals surface area contributed by atoms with Crippen LogP contribution in [0.25, 0.3) is 0 Å². The molecule has 4 nitrogen and oxygen atoms in total. The lowest BCUT2D eigenvalue weighted by Crippen LogP contribution is -2.60. The highest BCUT2D eigenvalue weighted by Gasteiger charge is 2.42. The van der Waals surface area contributed by atoms with Crippen molar-refractivity contribution in [2.45, 2.75) is 51.1 Å². The molecular weight excluding hydrogens is 341 g/mol. The van der Waals surface area contributed by atoms with Gasteiger partial charge in [0.05, 0.1) is 0 Å². The lowest BCUT2D eigenvalue weighted by Gasteiger charge is -2.49. The predicted molar refractivity (Wildman–Crippen MR) is 105 cm³/mol. The van der Waals surface area contributed by atoms with Gasteiger partial charge in [-0.3, -0.25) is 14.6 Å². The molecular formula is C22H32FN3O. The summed E-state index contributed by atoms with van der Waals surface area (Å²) in [5.41, 5.74) is 2.31. The van der Waals surface area contributed by atoms with Crippen LogP contribution in [0.1, 0.15) is 43.2 Å². The molecule has 0 N–H and O–H groups in total. The monoisotopic (exact) mass is 373 g/mol. The summed E-state index contributed by atoms with van der Waals surface area (Å²) in [5.74, 6) is 0.938. The molecule has 4 rings (SSSR count). The molecule has 1 spiro atoms. The van der Waals surface area contributed by atoms with Gasteiger partial charge in [0.1, 0.15) is 5.82 Å². The van der Waals surface area contributed by atoms with E-state index in [1.807, 2.05) is 13.0 Å². The average Bonchev–Trinajstić information content (AvgIpc) is 3.46. The zero-order chi connectivity index (χ0) is 19.0. The molecule has 2 aliphatic heterocycles. The second-order valence-corrected chi connectivity index (χ2v) is 8.96. The number of aryl methyl sites for hydroxylation is 1. The van der Waals surface area contributed by atoms with E-state index in [4.69, 9.17) is 0 Å². The van der Waals surface area contributed by atoms with Gasteiger partial charge in [-0.05, 0) is 68.8 Å². The standard InChI is InChI=1S/C22H32FN3O/c1-17-13-20(23)6-5-19(17)15-25-12-11-24(2)22(16-25)8-7-21(27)26(10-9-22)14-18-3-4-18/h5-6,13,18H,3-4,7-12,14-16H2,1-2H3/t22-/m1/s1. The number of hydrogen-bond acceptors (Lipinski definition) is 3. The predicted octanol–water partition coefficient (Wildman–Crippen LogP) is 3.04. The molecule has 0 aromatic heterocycles. The highest BCUT2D eigenvalue weighted by Crippen LogP contribution is 2.35. The fraction of sp³-hybridized carbons (Fsp3) is 0.682. The maximum atomic E-state index is 13.4. The van der Waals surface area contributed by atoms with Crippen LogP contribution in [0.3, 0.4) is 0 Å². The first kappa shape index (κ1) is 18.9. The van der Waals surface area contributed by atoms with Crippen molar-refractivity contribution in [3.8, 4) is 0 Å². The number of hydrogen-bond donors (Lipinski definition) is 0. The van der Waals surface area contributed by atoms with Gasteiger partial charge in [0.2, 0.25) is 5.91 Å². The van der Waals surface area contributed by atoms with Gasteiger partial charge in [0.15, 0.2) is 0 Å². The molecule has 1 aliphatic carbocycles. The van der Waals surface area contributed by atoms with E-state index in [1.165, 1.54) is 18.4 Å². The molecule has 1 aromatic carbocycles. The molecule has 1 atom stereocenters. The summed E-state index contributed by atoms with van der Waals surface area (Å²) in [7, 11) is 2.22. The van der Waals surface area contributed by atoms with Gasteiger partial charge in [-0.25, -0.2) is 4.39 Å². The number of carbonyl (C=O) groups is 1. The number of rotatable bonds is 4. The molecule has 3 fully saturated rings. The Morgan fingerprint density at radius 1 is 1.19 bits per heavy atom. The fourth-order valence-corrected chi connectivity index (χ4v) is 4.79. The Kier molecular flexibility index (Phi) is 5.26. The van der Waals surface area contributed by atoms with E-state index in [2.05, 4.69) is 21.7 Å². The second kappa shape index (κ2) is 7.51. The molecule has 148 valence electrons. The van der Waals surface area contributed by atoms with Crippen LogP contribution in [0, 0.1) is 18.7 Å². The minimum Gasteiger partial charge on any atom is -0.342 e. The maximum absolute atomic E-state index is 13.4. The minimum atomic E-state index is -0.163. The van der Waals surface area contributed by atoms with Crippen molar-refractivity contribution in [1.29, 1.82) is 0 Å². The minimum absolute atomic E-state index is 0.0835. The molecule has 27 heavy (non-hydrogen) atoms. The molecule has 1 amide bonds. The fourth-order valence-electron chi connectivity index (χ4n) is 4.79. The van der Waals surface area contributed by atoms with Crippen LogP contribution in [0.4, 0.5) is 4.39 Å². The van der Waals surface area contributed by atoms with Crippen molar-refractivity contribution in [3.05, 3.63) is 35.1 Å². The van der Waals surface area contributed by atoms with Crippen LogP contribution >= 0.6 is 0 Å². The summed E-state index contributed by atoms with van der Waals surface area (Å²) in [5, 5.41) is 0. The summed E-state index contributed by atoms with van der Waals surface area (Å²) >= 11 is 0. The molecule has 0 bridgehead atoms. The first-order valence-corrected chi connectivity index (χ1v) is 10.4. The smallest absolute Gasteiger partial charge is 0.222 e. The molecule has 1 saturated carbocycles. The van der Waals surface area contributed by atoms with Crippen LogP contribution < -0.4 is 0 Å². The number of nitrogens with zero attached hydrogens (tertiary/aromatic N) is 3. The quantitative estimate of drug-likeness (QED) is 0.812. The summed E-state index contributed by atoms with van der Waals surface area (Å²) in [6.45, 7) is 7.75. The van der Waals surface area contributed by atoms with E-state index in [1.54, 1.807) is 12.1 Å². The largest absolute Gasteiger partial charge is 0.342 e. The van der Waals surface area contributed by atoms with Crippen LogP contribution in [-0.2, 0) is 11.3 Å². The molecule has 3 aliphatic rings. The average molecular weight is 374 g/mol. The van der Waals surface area contributed by atoms with Gasteiger partial charge in [-0.2, -0.15) is 0 Å².